The van der Waals surface area contributed by atoms with Crippen LogP contribution in [0.2, 0.25) is 5.02 Å². The van der Waals surface area contributed by atoms with Gasteiger partial charge < -0.3 is 20.1 Å². The molecule has 2 aromatic carbocycles. The van der Waals surface area contributed by atoms with Crippen LogP contribution in [0.5, 0.6) is 5.75 Å². The van der Waals surface area contributed by atoms with E-state index in [9.17, 15) is 9.59 Å². The molecule has 2 amide bonds. The Hall–Kier alpha value is -2.64. The average Bonchev–Trinajstić information content (AvgIpc) is 2.74. The summed E-state index contributed by atoms with van der Waals surface area (Å²) < 4.78 is 10.9. The molecule has 3 rings (SSSR count). The molecule has 0 spiro atoms. The average molecular weight is 447 g/mol. The maximum Gasteiger partial charge on any atom is 0.265 e. The smallest absolute Gasteiger partial charge is 0.265 e. The van der Waals surface area contributed by atoms with Crippen LogP contribution < -0.4 is 15.4 Å². The monoisotopic (exact) mass is 446 g/mol. The van der Waals surface area contributed by atoms with Crippen molar-refractivity contribution in [3.63, 3.8) is 0 Å². The fraction of sp³-hybridized carbons (Fsp3) is 0.273. The highest BCUT2D eigenvalue weighted by atomic mass is 35.5. The third-order valence-electron chi connectivity index (χ3n) is 4.34. The Kier molecular flexibility index (Phi) is 7.65. The molecule has 30 heavy (non-hydrogen) atoms. The molecule has 158 valence electrons. The highest BCUT2D eigenvalue weighted by Gasteiger charge is 2.21. The van der Waals surface area contributed by atoms with Gasteiger partial charge in [0.25, 0.3) is 11.8 Å². The molecule has 0 radical (unpaired) electrons. The first-order valence-corrected chi connectivity index (χ1v) is 10.9. The van der Waals surface area contributed by atoms with Crippen LogP contribution in [-0.2, 0) is 16.1 Å². The number of hydrogen-bond donors (Lipinski definition) is 2. The largest absolute Gasteiger partial charge is 0.496 e. The van der Waals surface area contributed by atoms with Crippen LogP contribution in [0.1, 0.15) is 29.8 Å². The van der Waals surface area contributed by atoms with Crippen LogP contribution in [0.15, 0.2) is 53.1 Å². The molecule has 2 aromatic rings. The molecule has 0 saturated carbocycles. The zero-order valence-corrected chi connectivity index (χ0v) is 18.4. The van der Waals surface area contributed by atoms with Gasteiger partial charge in [0.05, 0.1) is 24.5 Å². The Morgan fingerprint density at radius 2 is 1.93 bits per heavy atom. The van der Waals surface area contributed by atoms with Gasteiger partial charge in [-0.1, -0.05) is 23.7 Å². The maximum absolute atomic E-state index is 12.8. The molecule has 0 aromatic heterocycles. The van der Waals surface area contributed by atoms with Gasteiger partial charge in [-0.15, -0.1) is 11.8 Å². The van der Waals surface area contributed by atoms with Crippen molar-refractivity contribution in [2.45, 2.75) is 20.4 Å². The summed E-state index contributed by atoms with van der Waals surface area (Å²) in [6, 6.07) is 12.3. The Bertz CT molecular complexity index is 960. The molecule has 1 aliphatic heterocycles. The standard InChI is InChI=1S/C22H23ClN2O4S/c1-3-28-17-7-4-15(5-8-17)13-24-21(26)18-12-16(23)6-9-19(18)25-22(27)20-14(2)29-10-11-30-20/h4-9,12H,3,10-11,13H2,1-2H3,(H,24,26)(H,25,27). The Balaban J connectivity index is 1.71. The molecular weight excluding hydrogens is 424 g/mol. The number of allylic oxidation sites excluding steroid dienone is 1. The third-order valence-corrected chi connectivity index (χ3v) is 5.70. The molecule has 0 bridgehead atoms. The van der Waals surface area contributed by atoms with Gasteiger partial charge in [0.2, 0.25) is 0 Å². The number of thioether (sulfide) groups is 1. The summed E-state index contributed by atoms with van der Waals surface area (Å²) >= 11 is 7.53. The van der Waals surface area contributed by atoms with Crippen molar-refractivity contribution < 1.29 is 19.1 Å². The van der Waals surface area contributed by atoms with E-state index in [2.05, 4.69) is 10.6 Å². The number of ether oxygens (including phenoxy) is 2. The van der Waals surface area contributed by atoms with Crippen molar-refractivity contribution in [1.29, 1.82) is 0 Å². The van der Waals surface area contributed by atoms with Crippen LogP contribution in [0.25, 0.3) is 0 Å². The lowest BCUT2D eigenvalue weighted by atomic mass is 10.1. The minimum absolute atomic E-state index is 0.293. The van der Waals surface area contributed by atoms with Gasteiger partial charge in [-0.25, -0.2) is 0 Å². The molecular formula is C22H23ClN2O4S. The quantitative estimate of drug-likeness (QED) is 0.649. The predicted octanol–water partition coefficient (Wildman–Crippen LogP) is 4.60. The van der Waals surface area contributed by atoms with Crippen LogP contribution in [0.4, 0.5) is 5.69 Å². The van der Waals surface area contributed by atoms with Crippen molar-refractivity contribution in [3.05, 3.63) is 69.3 Å². The van der Waals surface area contributed by atoms with E-state index in [1.165, 1.54) is 17.8 Å². The lowest BCUT2D eigenvalue weighted by Gasteiger charge is -2.18. The fourth-order valence-electron chi connectivity index (χ4n) is 2.87. The van der Waals surface area contributed by atoms with E-state index in [4.69, 9.17) is 21.1 Å². The number of carbonyl (C=O) groups is 2. The third kappa shape index (κ3) is 5.70. The highest BCUT2D eigenvalue weighted by molar-refractivity contribution is 8.04. The highest BCUT2D eigenvalue weighted by Crippen LogP contribution is 2.28. The molecule has 0 fully saturated rings. The maximum atomic E-state index is 12.8. The first-order valence-electron chi connectivity index (χ1n) is 9.55. The molecule has 0 saturated heterocycles. The number of benzene rings is 2. The number of anilines is 1. The van der Waals surface area contributed by atoms with Crippen LogP contribution in [0, 0.1) is 0 Å². The first-order chi connectivity index (χ1) is 14.5. The van der Waals surface area contributed by atoms with Crippen molar-refractivity contribution in [2.24, 2.45) is 0 Å². The zero-order valence-electron chi connectivity index (χ0n) is 16.8. The summed E-state index contributed by atoms with van der Waals surface area (Å²) in [7, 11) is 0. The normalized spacial score (nSPS) is 13.4. The van der Waals surface area contributed by atoms with E-state index < -0.39 is 0 Å². The second kappa shape index (κ2) is 10.4. The van der Waals surface area contributed by atoms with Crippen LogP contribution in [-0.4, -0.2) is 30.8 Å². The van der Waals surface area contributed by atoms with Crippen molar-refractivity contribution in [1.82, 2.24) is 5.32 Å². The fourth-order valence-corrected chi connectivity index (χ4v) is 3.86. The van der Waals surface area contributed by atoms with E-state index >= 15 is 0 Å². The van der Waals surface area contributed by atoms with E-state index in [0.29, 0.717) is 52.4 Å². The van der Waals surface area contributed by atoms with Crippen LogP contribution >= 0.6 is 23.4 Å². The Morgan fingerprint density at radius 3 is 2.63 bits per heavy atom. The number of halogens is 1. The van der Waals surface area contributed by atoms with Gasteiger partial charge in [0.15, 0.2) is 0 Å². The number of rotatable bonds is 7. The molecule has 0 atom stereocenters. The Labute approximate surface area is 185 Å². The van der Waals surface area contributed by atoms with E-state index in [1.807, 2.05) is 31.2 Å². The van der Waals surface area contributed by atoms with Gasteiger partial charge in [-0.05, 0) is 49.7 Å². The minimum Gasteiger partial charge on any atom is -0.496 e. The van der Waals surface area contributed by atoms with Crippen LogP contribution in [0.3, 0.4) is 0 Å². The summed E-state index contributed by atoms with van der Waals surface area (Å²) in [5.74, 6) is 1.43. The number of carbonyl (C=O) groups excluding carboxylic acids is 2. The summed E-state index contributed by atoms with van der Waals surface area (Å²) in [6.45, 7) is 5.19. The van der Waals surface area contributed by atoms with E-state index in [-0.39, 0.29) is 11.8 Å². The molecule has 1 aliphatic rings. The van der Waals surface area contributed by atoms with Gasteiger partial charge >= 0.3 is 0 Å². The molecule has 0 aliphatic carbocycles. The van der Waals surface area contributed by atoms with Gasteiger partial charge in [-0.2, -0.15) is 0 Å². The lowest BCUT2D eigenvalue weighted by molar-refractivity contribution is -0.112. The molecule has 1 heterocycles. The summed E-state index contributed by atoms with van der Waals surface area (Å²) in [5, 5.41) is 6.08. The van der Waals surface area contributed by atoms with Crippen molar-refractivity contribution in [2.75, 3.05) is 24.3 Å². The molecule has 8 heteroatoms. The first kappa shape index (κ1) is 22.1. The van der Waals surface area contributed by atoms with Crippen molar-refractivity contribution in [3.8, 4) is 5.75 Å². The second-order valence-electron chi connectivity index (χ2n) is 6.49. The van der Waals surface area contributed by atoms with E-state index in [1.54, 1.807) is 19.1 Å². The van der Waals surface area contributed by atoms with Crippen molar-refractivity contribution >= 4 is 40.9 Å². The molecule has 6 nitrogen and oxygen atoms in total. The Morgan fingerprint density at radius 1 is 1.17 bits per heavy atom. The van der Waals surface area contributed by atoms with Gasteiger partial charge in [0, 0.05) is 17.3 Å². The molecule has 2 N–H and O–H groups in total. The minimum atomic E-state index is -0.333. The second-order valence-corrected chi connectivity index (χ2v) is 8.03. The lowest BCUT2D eigenvalue weighted by Crippen LogP contribution is -2.25. The summed E-state index contributed by atoms with van der Waals surface area (Å²) in [5.41, 5.74) is 1.61. The summed E-state index contributed by atoms with van der Waals surface area (Å²) in [4.78, 5) is 26.0. The SMILES string of the molecule is CCOc1ccc(CNC(=O)c2cc(Cl)ccc2NC(=O)C2=C(C)OCCS2)cc1. The predicted molar refractivity (Wildman–Crippen MR) is 120 cm³/mol. The zero-order chi connectivity index (χ0) is 21.5. The molecule has 0 unspecified atom stereocenters. The number of nitrogens with one attached hydrogen (secondary N) is 2. The summed E-state index contributed by atoms with van der Waals surface area (Å²) in [6.07, 6.45) is 0. The van der Waals surface area contributed by atoms with E-state index in [0.717, 1.165) is 11.3 Å². The number of amides is 2. The number of hydrogen-bond acceptors (Lipinski definition) is 5. The van der Waals surface area contributed by atoms with Gasteiger partial charge in [-0.3, -0.25) is 9.59 Å². The van der Waals surface area contributed by atoms with Gasteiger partial charge in [0.1, 0.15) is 16.4 Å². The topological polar surface area (TPSA) is 76.7 Å².